The molecule has 0 atom stereocenters. The summed E-state index contributed by atoms with van der Waals surface area (Å²) in [5, 5.41) is 8.84. The Bertz CT molecular complexity index is 338. The fourth-order valence-electron chi connectivity index (χ4n) is 1.40. The number of carboxylic acid groups (broad SMARTS) is 1. The molecule has 0 aliphatic carbocycles. The van der Waals surface area contributed by atoms with Gasteiger partial charge in [0.1, 0.15) is 0 Å². The molecule has 3 heteroatoms. The molecule has 3 nitrogen and oxygen atoms in total. The van der Waals surface area contributed by atoms with Crippen molar-refractivity contribution in [3.05, 3.63) is 36.6 Å². The molecule has 0 fully saturated rings. The standard InChI is InChI=1S/C17H28O3/c1-4-5-6-7-8-9-10-11-12-13-14-15-20-17(2,3)16(18)19/h8-9,11-12,14-15H,4-7,10,13H2,1-3H3,(H,18,19)/b9-8-,12-11-,15-14-. The van der Waals surface area contributed by atoms with Crippen molar-refractivity contribution in [1.82, 2.24) is 0 Å². The molecule has 0 radical (unpaired) electrons. The van der Waals surface area contributed by atoms with Crippen LogP contribution in [0.2, 0.25) is 0 Å². The van der Waals surface area contributed by atoms with Crippen molar-refractivity contribution in [2.24, 2.45) is 0 Å². The maximum atomic E-state index is 10.8. The zero-order valence-electron chi connectivity index (χ0n) is 13.0. The first-order valence-electron chi connectivity index (χ1n) is 7.37. The molecule has 0 heterocycles. The molecule has 0 aliphatic heterocycles. The predicted octanol–water partition coefficient (Wildman–Crippen LogP) is 4.85. The normalized spacial score (nSPS) is 12.8. The van der Waals surface area contributed by atoms with Gasteiger partial charge in [-0.05, 0) is 45.6 Å². The van der Waals surface area contributed by atoms with Crippen molar-refractivity contribution in [2.45, 2.75) is 64.9 Å². The number of allylic oxidation sites excluding steroid dienone is 5. The molecule has 114 valence electrons. The van der Waals surface area contributed by atoms with Crippen LogP contribution in [0.4, 0.5) is 0 Å². The van der Waals surface area contributed by atoms with Gasteiger partial charge in [-0.25, -0.2) is 4.79 Å². The third kappa shape index (κ3) is 10.4. The second-order valence-corrected chi connectivity index (χ2v) is 5.22. The van der Waals surface area contributed by atoms with E-state index in [4.69, 9.17) is 9.84 Å². The zero-order valence-corrected chi connectivity index (χ0v) is 13.0. The smallest absolute Gasteiger partial charge is 0.347 e. The van der Waals surface area contributed by atoms with Crippen molar-refractivity contribution in [3.8, 4) is 0 Å². The first-order chi connectivity index (χ1) is 9.50. The number of carboxylic acids is 1. The van der Waals surface area contributed by atoms with Crippen LogP contribution in [0.5, 0.6) is 0 Å². The minimum atomic E-state index is -1.17. The van der Waals surface area contributed by atoms with E-state index in [-0.39, 0.29) is 0 Å². The summed E-state index contributed by atoms with van der Waals surface area (Å²) < 4.78 is 5.15. The molecular weight excluding hydrogens is 252 g/mol. The SMILES string of the molecule is CCCCC/C=C\C/C=C\C/C=C\OC(C)(C)C(=O)O. The first kappa shape index (κ1) is 18.5. The average molecular weight is 280 g/mol. The average Bonchev–Trinajstić information content (AvgIpc) is 2.39. The van der Waals surface area contributed by atoms with Gasteiger partial charge in [-0.2, -0.15) is 0 Å². The summed E-state index contributed by atoms with van der Waals surface area (Å²) in [5.41, 5.74) is -1.17. The van der Waals surface area contributed by atoms with Gasteiger partial charge in [0.25, 0.3) is 0 Å². The van der Waals surface area contributed by atoms with Gasteiger partial charge in [0, 0.05) is 0 Å². The highest BCUT2D eigenvalue weighted by atomic mass is 16.5. The van der Waals surface area contributed by atoms with E-state index >= 15 is 0 Å². The van der Waals surface area contributed by atoms with Crippen molar-refractivity contribution in [2.75, 3.05) is 0 Å². The number of hydrogen-bond donors (Lipinski definition) is 1. The molecule has 0 aliphatic rings. The topological polar surface area (TPSA) is 46.5 Å². The molecule has 0 aromatic heterocycles. The molecule has 1 N–H and O–H groups in total. The molecule has 0 bridgehead atoms. The summed E-state index contributed by atoms with van der Waals surface area (Å²) in [7, 11) is 0. The Morgan fingerprint density at radius 1 is 1.05 bits per heavy atom. The number of aliphatic carboxylic acids is 1. The van der Waals surface area contributed by atoms with Crippen LogP contribution < -0.4 is 0 Å². The van der Waals surface area contributed by atoms with Gasteiger partial charge in [-0.3, -0.25) is 0 Å². The summed E-state index contributed by atoms with van der Waals surface area (Å²) in [4.78, 5) is 10.8. The molecule has 0 spiro atoms. The van der Waals surface area contributed by atoms with Crippen LogP contribution in [0.25, 0.3) is 0 Å². The van der Waals surface area contributed by atoms with Gasteiger partial charge < -0.3 is 9.84 Å². The summed E-state index contributed by atoms with van der Waals surface area (Å²) in [6.07, 6.45) is 18.5. The Hall–Kier alpha value is -1.51. The van der Waals surface area contributed by atoms with Crippen LogP contribution >= 0.6 is 0 Å². The Balaban J connectivity index is 3.64. The lowest BCUT2D eigenvalue weighted by atomic mass is 10.1. The maximum Gasteiger partial charge on any atom is 0.347 e. The molecule has 0 amide bonds. The second kappa shape index (κ2) is 11.3. The maximum absolute atomic E-state index is 10.8. The number of ether oxygens (including phenoxy) is 1. The minimum absolute atomic E-state index is 0.749. The van der Waals surface area contributed by atoms with Crippen LogP contribution in [0, 0.1) is 0 Å². The lowest BCUT2D eigenvalue weighted by Crippen LogP contribution is -2.32. The number of hydrogen-bond acceptors (Lipinski definition) is 2. The van der Waals surface area contributed by atoms with E-state index in [2.05, 4.69) is 25.2 Å². The number of carbonyl (C=O) groups is 1. The van der Waals surface area contributed by atoms with Crippen molar-refractivity contribution >= 4 is 5.97 Å². The first-order valence-corrected chi connectivity index (χ1v) is 7.37. The van der Waals surface area contributed by atoms with Gasteiger partial charge in [0.15, 0.2) is 5.60 Å². The zero-order chi connectivity index (χ0) is 15.3. The van der Waals surface area contributed by atoms with Crippen LogP contribution in [0.1, 0.15) is 59.3 Å². The Morgan fingerprint density at radius 2 is 1.65 bits per heavy atom. The highest BCUT2D eigenvalue weighted by molar-refractivity contribution is 5.76. The van der Waals surface area contributed by atoms with Crippen molar-refractivity contribution < 1.29 is 14.6 Å². The summed E-state index contributed by atoms with van der Waals surface area (Å²) in [6, 6.07) is 0. The molecule has 0 saturated heterocycles. The van der Waals surface area contributed by atoms with Crippen LogP contribution in [0.15, 0.2) is 36.6 Å². The van der Waals surface area contributed by atoms with Crippen LogP contribution in [0.3, 0.4) is 0 Å². The number of unbranched alkanes of at least 4 members (excludes halogenated alkanes) is 3. The fraction of sp³-hybridized carbons (Fsp3) is 0.588. The van der Waals surface area contributed by atoms with E-state index in [1.807, 2.05) is 12.2 Å². The van der Waals surface area contributed by atoms with Gasteiger partial charge in [-0.15, -0.1) is 0 Å². The van der Waals surface area contributed by atoms with Gasteiger partial charge in [0.05, 0.1) is 6.26 Å². The van der Waals surface area contributed by atoms with Gasteiger partial charge in [-0.1, -0.05) is 44.1 Å². The molecular formula is C17H28O3. The van der Waals surface area contributed by atoms with Crippen LogP contribution in [-0.4, -0.2) is 16.7 Å². The Morgan fingerprint density at radius 3 is 2.25 bits per heavy atom. The number of rotatable bonds is 11. The van der Waals surface area contributed by atoms with E-state index < -0.39 is 11.6 Å². The molecule has 0 unspecified atom stereocenters. The van der Waals surface area contributed by atoms with Gasteiger partial charge in [0.2, 0.25) is 0 Å². The minimum Gasteiger partial charge on any atom is -0.484 e. The monoisotopic (exact) mass is 280 g/mol. The lowest BCUT2D eigenvalue weighted by molar-refractivity contribution is -0.155. The van der Waals surface area contributed by atoms with Crippen molar-refractivity contribution in [1.29, 1.82) is 0 Å². The second-order valence-electron chi connectivity index (χ2n) is 5.22. The van der Waals surface area contributed by atoms with E-state index in [0.717, 1.165) is 12.8 Å². The highest BCUT2D eigenvalue weighted by Crippen LogP contribution is 2.09. The summed E-state index contributed by atoms with van der Waals surface area (Å²) in [5.74, 6) is -0.967. The molecule has 0 saturated carbocycles. The molecule has 20 heavy (non-hydrogen) atoms. The van der Waals surface area contributed by atoms with E-state index in [0.29, 0.717) is 0 Å². The Kier molecular flexibility index (Phi) is 10.5. The summed E-state index contributed by atoms with van der Waals surface area (Å²) >= 11 is 0. The lowest BCUT2D eigenvalue weighted by Gasteiger charge is -2.18. The van der Waals surface area contributed by atoms with E-state index in [1.165, 1.54) is 45.8 Å². The Labute approximate surface area is 123 Å². The molecule has 0 aromatic rings. The third-order valence-electron chi connectivity index (χ3n) is 2.83. The fourth-order valence-corrected chi connectivity index (χ4v) is 1.40. The molecule has 0 aromatic carbocycles. The molecule has 0 rings (SSSR count). The predicted molar refractivity (Wildman–Crippen MR) is 83.6 cm³/mol. The largest absolute Gasteiger partial charge is 0.484 e. The highest BCUT2D eigenvalue weighted by Gasteiger charge is 2.27. The van der Waals surface area contributed by atoms with Crippen LogP contribution in [-0.2, 0) is 9.53 Å². The van der Waals surface area contributed by atoms with Gasteiger partial charge >= 0.3 is 5.97 Å². The summed E-state index contributed by atoms with van der Waals surface area (Å²) in [6.45, 7) is 5.26. The quantitative estimate of drug-likeness (QED) is 0.334. The van der Waals surface area contributed by atoms with E-state index in [1.54, 1.807) is 0 Å². The van der Waals surface area contributed by atoms with Crippen molar-refractivity contribution in [3.63, 3.8) is 0 Å². The van der Waals surface area contributed by atoms with E-state index in [9.17, 15) is 4.79 Å². The third-order valence-corrected chi connectivity index (χ3v) is 2.83.